The molecule has 2 aromatic rings. The highest BCUT2D eigenvalue weighted by Crippen LogP contribution is 2.30. The molecule has 1 saturated heterocycles. The van der Waals surface area contributed by atoms with Gasteiger partial charge in [0.15, 0.2) is 0 Å². The number of methoxy groups -OCH3 is 1. The number of nitriles is 1. The van der Waals surface area contributed by atoms with Gasteiger partial charge in [0.2, 0.25) is 5.88 Å². The van der Waals surface area contributed by atoms with Crippen LogP contribution in [0.25, 0.3) is 0 Å². The van der Waals surface area contributed by atoms with E-state index in [1.165, 1.54) is 11.3 Å². The third-order valence-corrected chi connectivity index (χ3v) is 4.61. The van der Waals surface area contributed by atoms with Gasteiger partial charge in [0, 0.05) is 24.4 Å². The van der Waals surface area contributed by atoms with E-state index >= 15 is 0 Å². The van der Waals surface area contributed by atoms with Gasteiger partial charge in [0.05, 0.1) is 18.7 Å². The van der Waals surface area contributed by atoms with Gasteiger partial charge in [-0.05, 0) is 23.9 Å². The highest BCUT2D eigenvalue weighted by atomic mass is 32.1. The molecule has 2 atom stereocenters. The van der Waals surface area contributed by atoms with Crippen LogP contribution in [-0.4, -0.2) is 30.6 Å². The zero-order valence-electron chi connectivity index (χ0n) is 12.5. The maximum absolute atomic E-state index is 12.4. The lowest BCUT2D eigenvalue weighted by Gasteiger charge is -2.20. The van der Waals surface area contributed by atoms with Gasteiger partial charge in [-0.1, -0.05) is 0 Å². The summed E-state index contributed by atoms with van der Waals surface area (Å²) in [7, 11) is 1.56. The number of hydrogen-bond acceptors (Lipinski definition) is 6. The summed E-state index contributed by atoms with van der Waals surface area (Å²) in [6.45, 7) is 0.567. The first kappa shape index (κ1) is 15.5. The molecule has 0 aromatic carbocycles. The Morgan fingerprint density at radius 1 is 1.52 bits per heavy atom. The Morgan fingerprint density at radius 3 is 3.09 bits per heavy atom. The van der Waals surface area contributed by atoms with Crippen LogP contribution in [-0.2, 0) is 4.74 Å². The standard InChI is InChI=1S/C16H15N3O3S/c1-21-13-3-2-11(9-18-13)14-12(4-6-22-14)19-16(20)15-10(8-17)5-7-23-15/h2-3,5,7,9,12,14H,4,6H2,1H3,(H,19,20)/t12-,14+/m0/s1. The van der Waals surface area contributed by atoms with Gasteiger partial charge >= 0.3 is 0 Å². The van der Waals surface area contributed by atoms with E-state index in [-0.39, 0.29) is 18.1 Å². The van der Waals surface area contributed by atoms with Crippen LogP contribution >= 0.6 is 11.3 Å². The predicted octanol–water partition coefficient (Wildman–Crippen LogP) is 2.28. The number of nitrogens with one attached hydrogen (secondary N) is 1. The normalized spacial score (nSPS) is 20.0. The summed E-state index contributed by atoms with van der Waals surface area (Å²) in [6.07, 6.45) is 2.16. The highest BCUT2D eigenvalue weighted by molar-refractivity contribution is 7.12. The Balaban J connectivity index is 1.74. The average Bonchev–Trinajstić information content (AvgIpc) is 3.23. The highest BCUT2D eigenvalue weighted by Gasteiger charge is 2.32. The molecule has 0 aliphatic carbocycles. The molecule has 118 valence electrons. The van der Waals surface area contributed by atoms with Crippen molar-refractivity contribution in [3.05, 3.63) is 45.8 Å². The molecule has 1 amide bonds. The third kappa shape index (κ3) is 3.18. The first-order valence-electron chi connectivity index (χ1n) is 7.13. The molecule has 3 heterocycles. The van der Waals surface area contributed by atoms with Crippen LogP contribution in [0.3, 0.4) is 0 Å². The first-order chi connectivity index (χ1) is 11.2. The van der Waals surface area contributed by atoms with Gasteiger partial charge in [0.1, 0.15) is 17.1 Å². The predicted molar refractivity (Wildman–Crippen MR) is 84.4 cm³/mol. The second-order valence-electron chi connectivity index (χ2n) is 5.07. The maximum atomic E-state index is 12.4. The zero-order chi connectivity index (χ0) is 16.2. The summed E-state index contributed by atoms with van der Waals surface area (Å²) in [5, 5.41) is 13.7. The van der Waals surface area contributed by atoms with Crippen LogP contribution < -0.4 is 10.1 Å². The molecule has 3 rings (SSSR count). The van der Waals surface area contributed by atoms with Crippen molar-refractivity contribution in [2.24, 2.45) is 0 Å². The van der Waals surface area contributed by atoms with Crippen LogP contribution in [0.15, 0.2) is 29.8 Å². The molecule has 6 nitrogen and oxygen atoms in total. The van der Waals surface area contributed by atoms with Crippen molar-refractivity contribution in [1.82, 2.24) is 10.3 Å². The Hall–Kier alpha value is -2.43. The van der Waals surface area contributed by atoms with Crippen molar-refractivity contribution >= 4 is 17.2 Å². The number of aromatic nitrogens is 1. The van der Waals surface area contributed by atoms with Gasteiger partial charge in [-0.25, -0.2) is 4.98 Å². The van der Waals surface area contributed by atoms with E-state index in [2.05, 4.69) is 10.3 Å². The fourth-order valence-electron chi connectivity index (χ4n) is 2.55. The summed E-state index contributed by atoms with van der Waals surface area (Å²) < 4.78 is 10.8. The van der Waals surface area contributed by atoms with Crippen LogP contribution in [0.5, 0.6) is 5.88 Å². The number of pyridine rings is 1. The number of amides is 1. The Labute approximate surface area is 137 Å². The van der Waals surface area contributed by atoms with Crippen molar-refractivity contribution < 1.29 is 14.3 Å². The fraction of sp³-hybridized carbons (Fsp3) is 0.312. The minimum Gasteiger partial charge on any atom is -0.481 e. The van der Waals surface area contributed by atoms with Crippen molar-refractivity contribution in [2.45, 2.75) is 18.6 Å². The Bertz CT molecular complexity index is 736. The van der Waals surface area contributed by atoms with Crippen LogP contribution in [0.1, 0.15) is 33.3 Å². The van der Waals surface area contributed by atoms with Gasteiger partial charge < -0.3 is 14.8 Å². The molecule has 0 radical (unpaired) electrons. The number of hydrogen-bond donors (Lipinski definition) is 1. The molecule has 1 N–H and O–H groups in total. The molecule has 0 spiro atoms. The van der Waals surface area contributed by atoms with Crippen molar-refractivity contribution in [3.63, 3.8) is 0 Å². The topological polar surface area (TPSA) is 84.2 Å². The van der Waals surface area contributed by atoms with Crippen LogP contribution in [0.2, 0.25) is 0 Å². The largest absolute Gasteiger partial charge is 0.481 e. The maximum Gasteiger partial charge on any atom is 0.263 e. The zero-order valence-corrected chi connectivity index (χ0v) is 13.3. The van der Waals surface area contributed by atoms with Gasteiger partial charge in [-0.3, -0.25) is 4.79 Å². The second-order valence-corrected chi connectivity index (χ2v) is 5.99. The molecular formula is C16H15N3O3S. The molecule has 1 fully saturated rings. The van der Waals surface area contributed by atoms with E-state index in [0.717, 1.165) is 12.0 Å². The van der Waals surface area contributed by atoms with Crippen molar-refractivity contribution in [3.8, 4) is 11.9 Å². The average molecular weight is 329 g/mol. The monoisotopic (exact) mass is 329 g/mol. The van der Waals surface area contributed by atoms with Gasteiger partial charge in [0.25, 0.3) is 5.91 Å². The molecule has 7 heteroatoms. The molecule has 0 bridgehead atoms. The molecule has 2 aromatic heterocycles. The van der Waals surface area contributed by atoms with Crippen molar-refractivity contribution in [2.75, 3.05) is 13.7 Å². The number of rotatable bonds is 4. The van der Waals surface area contributed by atoms with Gasteiger partial charge in [-0.15, -0.1) is 11.3 Å². The lowest BCUT2D eigenvalue weighted by molar-refractivity contribution is 0.0823. The van der Waals surface area contributed by atoms with E-state index < -0.39 is 0 Å². The summed E-state index contributed by atoms with van der Waals surface area (Å²) in [5.41, 5.74) is 1.29. The molecule has 0 unspecified atom stereocenters. The van der Waals surface area contributed by atoms with E-state index in [1.807, 2.05) is 12.1 Å². The number of carbonyl (C=O) groups is 1. The number of ether oxygens (including phenoxy) is 2. The van der Waals surface area contributed by atoms with E-state index in [0.29, 0.717) is 22.9 Å². The molecule has 1 aliphatic rings. The third-order valence-electron chi connectivity index (χ3n) is 3.70. The fourth-order valence-corrected chi connectivity index (χ4v) is 3.30. The number of carbonyl (C=O) groups excluding carboxylic acids is 1. The Morgan fingerprint density at radius 2 is 2.39 bits per heavy atom. The number of nitrogens with zero attached hydrogens (tertiary/aromatic N) is 2. The van der Waals surface area contributed by atoms with E-state index in [9.17, 15) is 4.79 Å². The smallest absolute Gasteiger partial charge is 0.263 e. The van der Waals surface area contributed by atoms with E-state index in [1.54, 1.807) is 30.8 Å². The van der Waals surface area contributed by atoms with Crippen LogP contribution in [0, 0.1) is 11.3 Å². The molecule has 1 aliphatic heterocycles. The summed E-state index contributed by atoms with van der Waals surface area (Å²) in [4.78, 5) is 17.0. The summed E-state index contributed by atoms with van der Waals surface area (Å²) >= 11 is 1.26. The Kier molecular flexibility index (Phi) is 4.55. The second kappa shape index (κ2) is 6.77. The minimum atomic E-state index is -0.247. The first-order valence-corrected chi connectivity index (χ1v) is 8.01. The molecule has 0 saturated carbocycles. The number of thiophene rings is 1. The SMILES string of the molecule is COc1ccc([C@H]2OCC[C@@H]2NC(=O)c2sccc2C#N)cn1. The summed E-state index contributed by atoms with van der Waals surface area (Å²) in [6, 6.07) is 7.18. The molecule has 23 heavy (non-hydrogen) atoms. The lowest BCUT2D eigenvalue weighted by Crippen LogP contribution is -2.36. The quantitative estimate of drug-likeness (QED) is 0.930. The summed E-state index contributed by atoms with van der Waals surface area (Å²) in [5.74, 6) is 0.295. The van der Waals surface area contributed by atoms with E-state index in [4.69, 9.17) is 14.7 Å². The van der Waals surface area contributed by atoms with Crippen molar-refractivity contribution in [1.29, 1.82) is 5.26 Å². The van der Waals surface area contributed by atoms with Crippen LogP contribution in [0.4, 0.5) is 0 Å². The van der Waals surface area contributed by atoms with Gasteiger partial charge in [-0.2, -0.15) is 5.26 Å². The molecular weight excluding hydrogens is 314 g/mol. The lowest BCUT2D eigenvalue weighted by atomic mass is 10.0. The minimum absolute atomic E-state index is 0.147.